The normalized spacial score (nSPS) is 16.2. The third-order valence-electron chi connectivity index (χ3n) is 6.22. The number of benzene rings is 2. The topological polar surface area (TPSA) is 53.5 Å². The molecule has 0 spiro atoms. The average Bonchev–Trinajstić information content (AvgIpc) is 3.07. The smallest absolute Gasteiger partial charge is 0.153 e. The molecule has 0 bridgehead atoms. The molecule has 0 unspecified atom stereocenters. The van der Waals surface area contributed by atoms with Crippen molar-refractivity contribution in [1.29, 1.82) is 0 Å². The second kappa shape index (κ2) is 10.1. The summed E-state index contributed by atoms with van der Waals surface area (Å²) >= 11 is 6.09. The molecule has 1 fully saturated rings. The molecule has 1 aromatic heterocycles. The van der Waals surface area contributed by atoms with Gasteiger partial charge in [0.25, 0.3) is 0 Å². The Hall–Kier alpha value is -2.97. The molecule has 3 aromatic rings. The summed E-state index contributed by atoms with van der Waals surface area (Å²) in [5.41, 5.74) is 3.03. The molecule has 0 saturated carbocycles. The molecule has 1 saturated heterocycles. The van der Waals surface area contributed by atoms with Gasteiger partial charge in [-0.1, -0.05) is 11.6 Å². The van der Waals surface area contributed by atoms with E-state index in [0.29, 0.717) is 18.2 Å². The van der Waals surface area contributed by atoms with Crippen molar-refractivity contribution in [3.63, 3.8) is 0 Å². The van der Waals surface area contributed by atoms with Gasteiger partial charge in [-0.15, -0.1) is 0 Å². The van der Waals surface area contributed by atoms with Crippen LogP contribution in [0, 0.1) is 11.6 Å². The fourth-order valence-electron chi connectivity index (χ4n) is 4.38. The van der Waals surface area contributed by atoms with E-state index in [2.05, 4.69) is 27.3 Å². The third kappa shape index (κ3) is 4.93. The van der Waals surface area contributed by atoms with E-state index in [9.17, 15) is 8.78 Å². The number of ether oxygens (including phenoxy) is 1. The number of nitrogens with one attached hydrogen (secondary N) is 1. The molecule has 0 atom stereocenters. The van der Waals surface area contributed by atoms with Gasteiger partial charge in [0.2, 0.25) is 0 Å². The Morgan fingerprint density at radius 1 is 0.971 bits per heavy atom. The van der Waals surface area contributed by atoms with Gasteiger partial charge in [-0.2, -0.15) is 0 Å². The van der Waals surface area contributed by atoms with E-state index in [1.165, 1.54) is 0 Å². The Morgan fingerprint density at radius 3 is 2.53 bits per heavy atom. The van der Waals surface area contributed by atoms with Crippen LogP contribution in [0.5, 0.6) is 0 Å². The number of aryl methyl sites for hydroxylation is 1. The number of anilines is 4. The van der Waals surface area contributed by atoms with E-state index in [-0.39, 0.29) is 17.1 Å². The number of fused-ring (bicyclic) bond motifs is 1. The third-order valence-corrected chi connectivity index (χ3v) is 6.63. The predicted octanol–water partition coefficient (Wildman–Crippen LogP) is 5.33. The van der Waals surface area contributed by atoms with Crippen LogP contribution in [0.4, 0.5) is 31.8 Å². The summed E-state index contributed by atoms with van der Waals surface area (Å²) in [5, 5.41) is 3.13. The standard InChI is InChI=1S/C25H26ClF2N5O/c26-24-19(20(27)8-9-21(24)28)16-33-10-2-1-3-22-25(33)31-23(15-29-22)30-17-4-6-18(7-5-17)32-11-13-34-14-12-32/h4-9,15H,1-3,10-14,16H2,(H,30,31). The first kappa shape index (κ1) is 22.8. The van der Waals surface area contributed by atoms with Crippen molar-refractivity contribution in [2.24, 2.45) is 0 Å². The van der Waals surface area contributed by atoms with Gasteiger partial charge in [0.15, 0.2) is 11.6 Å². The summed E-state index contributed by atoms with van der Waals surface area (Å²) in [6.45, 7) is 4.04. The molecule has 5 rings (SSSR count). The Bertz CT molecular complexity index is 1150. The van der Waals surface area contributed by atoms with Crippen molar-refractivity contribution in [3.8, 4) is 0 Å². The first-order valence-corrected chi connectivity index (χ1v) is 11.9. The number of halogens is 3. The Kier molecular flexibility index (Phi) is 6.78. The monoisotopic (exact) mass is 485 g/mol. The van der Waals surface area contributed by atoms with Crippen molar-refractivity contribution in [2.75, 3.05) is 48.0 Å². The lowest BCUT2D eigenvalue weighted by Gasteiger charge is -2.29. The zero-order valence-corrected chi connectivity index (χ0v) is 19.5. The molecule has 2 aliphatic heterocycles. The van der Waals surface area contributed by atoms with Gasteiger partial charge in [0, 0.05) is 43.1 Å². The van der Waals surface area contributed by atoms with E-state index >= 15 is 0 Å². The molecule has 0 amide bonds. The van der Waals surface area contributed by atoms with Crippen molar-refractivity contribution < 1.29 is 13.5 Å². The highest BCUT2D eigenvalue weighted by Crippen LogP contribution is 2.30. The Morgan fingerprint density at radius 2 is 1.74 bits per heavy atom. The minimum absolute atomic E-state index is 0.127. The molecular weight excluding hydrogens is 460 g/mol. The molecule has 0 radical (unpaired) electrons. The van der Waals surface area contributed by atoms with Gasteiger partial charge in [0.05, 0.1) is 30.1 Å². The van der Waals surface area contributed by atoms with Crippen LogP contribution < -0.4 is 15.1 Å². The predicted molar refractivity (Wildman–Crippen MR) is 130 cm³/mol. The van der Waals surface area contributed by atoms with Crippen molar-refractivity contribution in [1.82, 2.24) is 9.97 Å². The van der Waals surface area contributed by atoms with E-state index in [1.807, 2.05) is 17.0 Å². The lowest BCUT2D eigenvalue weighted by atomic mass is 10.2. The minimum Gasteiger partial charge on any atom is -0.378 e. The van der Waals surface area contributed by atoms with Crippen LogP contribution in [-0.2, 0) is 17.7 Å². The second-order valence-corrected chi connectivity index (χ2v) is 8.88. The molecular formula is C25H26ClF2N5O. The summed E-state index contributed by atoms with van der Waals surface area (Å²) in [6.07, 6.45) is 4.35. The highest BCUT2D eigenvalue weighted by Gasteiger charge is 2.22. The SMILES string of the molecule is Fc1ccc(F)c(CN2CCCCc3ncc(Nc4ccc(N5CCOCC5)cc4)nc32)c1Cl. The molecule has 1 N–H and O–H groups in total. The molecule has 2 aromatic carbocycles. The maximum absolute atomic E-state index is 14.5. The van der Waals surface area contributed by atoms with Crippen LogP contribution in [0.3, 0.4) is 0 Å². The number of hydrogen-bond acceptors (Lipinski definition) is 6. The summed E-state index contributed by atoms with van der Waals surface area (Å²) in [5.74, 6) is 0.109. The van der Waals surface area contributed by atoms with E-state index in [4.69, 9.17) is 21.3 Å². The molecule has 34 heavy (non-hydrogen) atoms. The van der Waals surface area contributed by atoms with E-state index in [1.54, 1.807) is 6.20 Å². The Labute approximate surface area is 202 Å². The minimum atomic E-state index is -0.630. The largest absolute Gasteiger partial charge is 0.378 e. The zero-order valence-electron chi connectivity index (χ0n) is 18.7. The quantitative estimate of drug-likeness (QED) is 0.493. The molecule has 9 heteroatoms. The van der Waals surface area contributed by atoms with Gasteiger partial charge in [-0.05, 0) is 55.7 Å². The summed E-state index contributed by atoms with van der Waals surface area (Å²) in [6, 6.07) is 10.3. The van der Waals surface area contributed by atoms with Crippen LogP contribution in [-0.4, -0.2) is 42.8 Å². The number of morpholine rings is 1. The van der Waals surface area contributed by atoms with Crippen molar-refractivity contribution in [3.05, 3.63) is 70.5 Å². The summed E-state index contributed by atoms with van der Waals surface area (Å²) < 4.78 is 33.9. The van der Waals surface area contributed by atoms with Crippen LogP contribution in [0.2, 0.25) is 5.02 Å². The molecule has 2 aliphatic rings. The number of hydrogen-bond donors (Lipinski definition) is 1. The van der Waals surface area contributed by atoms with Crippen LogP contribution in [0.1, 0.15) is 24.1 Å². The van der Waals surface area contributed by atoms with E-state index in [0.717, 1.165) is 74.8 Å². The van der Waals surface area contributed by atoms with Gasteiger partial charge >= 0.3 is 0 Å². The van der Waals surface area contributed by atoms with Gasteiger partial charge < -0.3 is 19.9 Å². The summed E-state index contributed by atoms with van der Waals surface area (Å²) in [4.78, 5) is 13.7. The van der Waals surface area contributed by atoms with E-state index < -0.39 is 11.6 Å². The number of nitrogens with zero attached hydrogens (tertiary/aromatic N) is 4. The fourth-order valence-corrected chi connectivity index (χ4v) is 4.59. The zero-order chi connectivity index (χ0) is 23.5. The Balaban J connectivity index is 1.37. The van der Waals surface area contributed by atoms with Gasteiger partial charge in [-0.25, -0.2) is 13.8 Å². The lowest BCUT2D eigenvalue weighted by Crippen LogP contribution is -2.36. The molecule has 6 nitrogen and oxygen atoms in total. The number of rotatable bonds is 5. The lowest BCUT2D eigenvalue weighted by molar-refractivity contribution is 0.122. The molecule has 3 heterocycles. The van der Waals surface area contributed by atoms with Crippen LogP contribution in [0.25, 0.3) is 0 Å². The number of aromatic nitrogens is 2. The first-order valence-electron chi connectivity index (χ1n) is 11.5. The average molecular weight is 486 g/mol. The fraction of sp³-hybridized carbons (Fsp3) is 0.360. The van der Waals surface area contributed by atoms with Crippen molar-refractivity contribution in [2.45, 2.75) is 25.8 Å². The van der Waals surface area contributed by atoms with Crippen LogP contribution in [0.15, 0.2) is 42.6 Å². The highest BCUT2D eigenvalue weighted by molar-refractivity contribution is 6.31. The maximum atomic E-state index is 14.5. The maximum Gasteiger partial charge on any atom is 0.153 e. The first-order chi connectivity index (χ1) is 16.6. The highest BCUT2D eigenvalue weighted by atomic mass is 35.5. The summed E-state index contributed by atoms with van der Waals surface area (Å²) in [7, 11) is 0. The van der Waals surface area contributed by atoms with Crippen LogP contribution >= 0.6 is 11.6 Å². The molecule has 178 valence electrons. The van der Waals surface area contributed by atoms with Gasteiger partial charge in [0.1, 0.15) is 11.6 Å². The second-order valence-electron chi connectivity index (χ2n) is 8.50. The van der Waals surface area contributed by atoms with Gasteiger partial charge in [-0.3, -0.25) is 4.98 Å². The van der Waals surface area contributed by atoms with Crippen molar-refractivity contribution >= 4 is 34.6 Å². The molecule has 0 aliphatic carbocycles.